The Bertz CT molecular complexity index is 646. The molecule has 3 unspecified atom stereocenters. The molecule has 1 saturated carbocycles. The van der Waals surface area contributed by atoms with Crippen LogP contribution >= 0.6 is 0 Å². The fraction of sp³-hybridized carbons (Fsp3) is 0.611. The molecule has 0 spiro atoms. The number of ether oxygens (including phenoxy) is 3. The molecular formula is C18H24O7. The van der Waals surface area contributed by atoms with Gasteiger partial charge in [-0.15, -0.1) is 0 Å². The maximum absolute atomic E-state index is 12.1. The Morgan fingerprint density at radius 2 is 1.76 bits per heavy atom. The predicted octanol–water partition coefficient (Wildman–Crippen LogP) is 2.07. The summed E-state index contributed by atoms with van der Waals surface area (Å²) in [7, 11) is 3.73. The van der Waals surface area contributed by atoms with Crippen LogP contribution in [0.1, 0.15) is 32.6 Å². The molecule has 2 rings (SSSR count). The second kappa shape index (κ2) is 7.29. The Balaban J connectivity index is 2.52. The van der Waals surface area contributed by atoms with Crippen LogP contribution in [0, 0.1) is 17.3 Å². The lowest BCUT2D eigenvalue weighted by Crippen LogP contribution is -2.32. The van der Waals surface area contributed by atoms with Gasteiger partial charge >= 0.3 is 17.9 Å². The topological polar surface area (TPSA) is 99.1 Å². The van der Waals surface area contributed by atoms with Gasteiger partial charge in [0.15, 0.2) is 0 Å². The molecule has 0 bridgehead atoms. The number of hydrogen-bond acceptors (Lipinski definition) is 7. The average Bonchev–Trinajstić information content (AvgIpc) is 2.90. The molecule has 0 radical (unpaired) electrons. The molecule has 138 valence electrons. The predicted molar refractivity (Wildman–Crippen MR) is 87.3 cm³/mol. The molecular weight excluding hydrogens is 328 g/mol. The number of esters is 3. The molecule has 1 fully saturated rings. The highest BCUT2D eigenvalue weighted by atomic mass is 16.5. The van der Waals surface area contributed by atoms with Gasteiger partial charge in [0.2, 0.25) is 0 Å². The monoisotopic (exact) mass is 352 g/mol. The summed E-state index contributed by atoms with van der Waals surface area (Å²) in [6.45, 7) is 1.97. The number of allylic oxidation sites excluding steroid dienone is 2. The average molecular weight is 352 g/mol. The van der Waals surface area contributed by atoms with Gasteiger partial charge in [-0.3, -0.25) is 4.79 Å². The summed E-state index contributed by atoms with van der Waals surface area (Å²) in [6.07, 6.45) is 3.46. The van der Waals surface area contributed by atoms with Crippen LogP contribution in [-0.2, 0) is 28.6 Å². The zero-order chi connectivity index (χ0) is 18.8. The van der Waals surface area contributed by atoms with Gasteiger partial charge < -0.3 is 19.3 Å². The third-order valence-electron chi connectivity index (χ3n) is 5.41. The fourth-order valence-electron chi connectivity index (χ4n) is 4.06. The Morgan fingerprint density at radius 1 is 1.12 bits per heavy atom. The molecule has 0 amide bonds. The van der Waals surface area contributed by atoms with Crippen LogP contribution in [0.15, 0.2) is 23.0 Å². The van der Waals surface area contributed by atoms with Crippen molar-refractivity contribution in [2.24, 2.45) is 17.3 Å². The molecule has 7 heteroatoms. The van der Waals surface area contributed by atoms with E-state index in [2.05, 4.69) is 0 Å². The maximum atomic E-state index is 12.1. The molecule has 2 aliphatic rings. The van der Waals surface area contributed by atoms with Crippen LogP contribution in [0.25, 0.3) is 0 Å². The van der Waals surface area contributed by atoms with Crippen LogP contribution in [-0.4, -0.2) is 44.3 Å². The van der Waals surface area contributed by atoms with Gasteiger partial charge in [0, 0.05) is 6.42 Å². The third-order valence-corrected chi connectivity index (χ3v) is 5.41. The van der Waals surface area contributed by atoms with E-state index in [1.54, 1.807) is 6.08 Å². The number of hydrogen-bond donors (Lipinski definition) is 1. The normalized spacial score (nSPS) is 34.0. The Labute approximate surface area is 146 Å². The van der Waals surface area contributed by atoms with Crippen LogP contribution in [0.5, 0.6) is 0 Å². The number of aliphatic hydroxyl groups excluding tert-OH is 1. The lowest BCUT2D eigenvalue weighted by atomic mass is 9.70. The van der Waals surface area contributed by atoms with Crippen LogP contribution in [0.2, 0.25) is 0 Å². The number of carbonyl (C=O) groups is 3. The molecule has 25 heavy (non-hydrogen) atoms. The van der Waals surface area contributed by atoms with Crippen molar-refractivity contribution in [2.45, 2.75) is 32.6 Å². The summed E-state index contributed by atoms with van der Waals surface area (Å²) in [5.74, 6) is -2.46. The van der Waals surface area contributed by atoms with Gasteiger partial charge in [0.25, 0.3) is 0 Å². The van der Waals surface area contributed by atoms with Crippen molar-refractivity contribution in [1.29, 1.82) is 0 Å². The van der Waals surface area contributed by atoms with E-state index in [-0.39, 0.29) is 46.5 Å². The molecule has 0 saturated heterocycles. The first-order chi connectivity index (χ1) is 11.8. The first-order valence-electron chi connectivity index (χ1n) is 8.16. The molecule has 0 aromatic carbocycles. The van der Waals surface area contributed by atoms with Crippen molar-refractivity contribution in [2.75, 3.05) is 21.3 Å². The van der Waals surface area contributed by atoms with Crippen molar-refractivity contribution in [3.05, 3.63) is 23.0 Å². The zero-order valence-electron chi connectivity index (χ0n) is 15.0. The molecule has 0 aromatic heterocycles. The van der Waals surface area contributed by atoms with E-state index in [1.807, 2.05) is 6.92 Å². The van der Waals surface area contributed by atoms with E-state index < -0.39 is 11.9 Å². The lowest BCUT2D eigenvalue weighted by molar-refractivity contribution is -0.147. The molecule has 2 aliphatic carbocycles. The largest absolute Gasteiger partial charge is 0.511 e. The van der Waals surface area contributed by atoms with E-state index >= 15 is 0 Å². The second-order valence-corrected chi connectivity index (χ2v) is 6.76. The van der Waals surface area contributed by atoms with Crippen molar-refractivity contribution in [1.82, 2.24) is 0 Å². The first kappa shape index (κ1) is 19.0. The first-order valence-corrected chi connectivity index (χ1v) is 8.16. The molecule has 0 aromatic rings. The van der Waals surface area contributed by atoms with Crippen molar-refractivity contribution >= 4 is 17.9 Å². The van der Waals surface area contributed by atoms with E-state index in [4.69, 9.17) is 14.2 Å². The summed E-state index contributed by atoms with van der Waals surface area (Å²) >= 11 is 0. The summed E-state index contributed by atoms with van der Waals surface area (Å²) in [5, 5.41) is 10.6. The minimum atomic E-state index is -0.793. The number of rotatable bonds is 3. The Hall–Kier alpha value is -2.31. The third kappa shape index (κ3) is 3.41. The summed E-state index contributed by atoms with van der Waals surface area (Å²) in [4.78, 5) is 36.3. The SMILES string of the molecule is COC(=O)C1=C(\O)CC2(C)CCC(C(=O)OC)C2C/C=C\1C(=O)OC. The van der Waals surface area contributed by atoms with Crippen LogP contribution < -0.4 is 0 Å². The molecule has 0 aliphatic heterocycles. The van der Waals surface area contributed by atoms with Crippen LogP contribution in [0.3, 0.4) is 0 Å². The Kier molecular flexibility index (Phi) is 5.55. The van der Waals surface area contributed by atoms with Gasteiger partial charge in [-0.1, -0.05) is 13.0 Å². The van der Waals surface area contributed by atoms with E-state index in [0.717, 1.165) is 0 Å². The summed E-state index contributed by atoms with van der Waals surface area (Å²) in [6, 6.07) is 0. The van der Waals surface area contributed by atoms with Crippen molar-refractivity contribution < 1.29 is 33.7 Å². The maximum Gasteiger partial charge on any atom is 0.342 e. The quantitative estimate of drug-likeness (QED) is 0.613. The van der Waals surface area contributed by atoms with Gasteiger partial charge in [-0.05, 0) is 30.6 Å². The molecule has 1 N–H and O–H groups in total. The molecule has 0 heterocycles. The van der Waals surface area contributed by atoms with E-state index in [9.17, 15) is 19.5 Å². The van der Waals surface area contributed by atoms with Crippen molar-refractivity contribution in [3.8, 4) is 0 Å². The van der Waals surface area contributed by atoms with Crippen LogP contribution in [0.4, 0.5) is 0 Å². The zero-order valence-corrected chi connectivity index (χ0v) is 15.0. The number of aliphatic hydroxyl groups is 1. The number of carbonyl (C=O) groups excluding carboxylic acids is 3. The minimum Gasteiger partial charge on any atom is -0.511 e. The highest BCUT2D eigenvalue weighted by molar-refractivity contribution is 6.07. The van der Waals surface area contributed by atoms with Gasteiger partial charge in [0.05, 0.1) is 32.8 Å². The molecule has 3 atom stereocenters. The lowest BCUT2D eigenvalue weighted by Gasteiger charge is -2.34. The summed E-state index contributed by atoms with van der Waals surface area (Å²) in [5.41, 5.74) is -0.597. The minimum absolute atomic E-state index is 0.0376. The standard InChI is InChI=1S/C18H24O7/c1-18-8-7-10(15(20)23-2)12(18)6-5-11(16(21)24-3)14(13(19)9-18)17(22)25-4/h5,10,12,19H,6-9H2,1-4H3/b11-5+,14-13-. The highest BCUT2D eigenvalue weighted by Crippen LogP contribution is 2.53. The van der Waals surface area contributed by atoms with E-state index in [0.29, 0.717) is 19.3 Å². The van der Waals surface area contributed by atoms with Gasteiger partial charge in [0.1, 0.15) is 11.3 Å². The second-order valence-electron chi connectivity index (χ2n) is 6.76. The fourth-order valence-corrected chi connectivity index (χ4v) is 4.06. The Morgan fingerprint density at radius 3 is 2.32 bits per heavy atom. The van der Waals surface area contributed by atoms with Gasteiger partial charge in [-0.25, -0.2) is 9.59 Å². The highest BCUT2D eigenvalue weighted by Gasteiger charge is 2.49. The van der Waals surface area contributed by atoms with Crippen molar-refractivity contribution in [3.63, 3.8) is 0 Å². The number of fused-ring (bicyclic) bond motifs is 1. The summed E-state index contributed by atoms with van der Waals surface area (Å²) < 4.78 is 14.4. The molecule has 7 nitrogen and oxygen atoms in total. The smallest absolute Gasteiger partial charge is 0.342 e. The van der Waals surface area contributed by atoms with Gasteiger partial charge in [-0.2, -0.15) is 0 Å². The number of methoxy groups -OCH3 is 3. The van der Waals surface area contributed by atoms with E-state index in [1.165, 1.54) is 21.3 Å².